The van der Waals surface area contributed by atoms with Crippen LogP contribution in [-0.2, 0) is 18.7 Å². The first-order valence-electron chi connectivity index (χ1n) is 11.3. The van der Waals surface area contributed by atoms with Gasteiger partial charge in [0.1, 0.15) is 28.9 Å². The van der Waals surface area contributed by atoms with Crippen LogP contribution in [0.2, 0.25) is 5.02 Å². The molecular formula is C26H28ClF2N5O3. The molecule has 0 saturated heterocycles. The molecule has 1 N–H and O–H groups in total. The van der Waals surface area contributed by atoms with E-state index in [2.05, 4.69) is 21.7 Å². The van der Waals surface area contributed by atoms with Gasteiger partial charge in [0, 0.05) is 30.2 Å². The number of pyridine rings is 2. The number of aromatic nitrogens is 4. The highest BCUT2D eigenvalue weighted by Gasteiger charge is 2.20. The zero-order valence-corrected chi connectivity index (χ0v) is 21.8. The van der Waals surface area contributed by atoms with Crippen molar-refractivity contribution in [1.29, 1.82) is 0 Å². The van der Waals surface area contributed by atoms with Gasteiger partial charge in [-0.2, -0.15) is 5.10 Å². The van der Waals surface area contributed by atoms with E-state index in [0.717, 1.165) is 11.9 Å². The maximum atomic E-state index is 13.9. The first kappa shape index (κ1) is 27.9. The van der Waals surface area contributed by atoms with Crippen molar-refractivity contribution in [3.05, 3.63) is 92.9 Å². The van der Waals surface area contributed by atoms with Crippen molar-refractivity contribution >= 4 is 23.5 Å². The molecule has 3 aromatic heterocycles. The second kappa shape index (κ2) is 11.6. The van der Waals surface area contributed by atoms with Gasteiger partial charge in [0.25, 0.3) is 5.56 Å². The Morgan fingerprint density at radius 1 is 1.35 bits per heavy atom. The van der Waals surface area contributed by atoms with E-state index < -0.39 is 22.7 Å². The Morgan fingerprint density at radius 3 is 2.73 bits per heavy atom. The van der Waals surface area contributed by atoms with E-state index in [0.29, 0.717) is 29.6 Å². The number of aryl methyl sites for hydroxylation is 1. The first-order chi connectivity index (χ1) is 17.5. The van der Waals surface area contributed by atoms with Gasteiger partial charge in [-0.05, 0) is 45.4 Å². The van der Waals surface area contributed by atoms with E-state index >= 15 is 0 Å². The van der Waals surface area contributed by atoms with E-state index in [1.165, 1.54) is 16.7 Å². The van der Waals surface area contributed by atoms with Gasteiger partial charge >= 0.3 is 0 Å². The molecule has 0 saturated carbocycles. The topological polar surface area (TPSA) is 94.5 Å². The van der Waals surface area contributed by atoms with Crippen LogP contribution in [0.4, 0.5) is 8.78 Å². The normalized spacial score (nSPS) is 12.6. The van der Waals surface area contributed by atoms with Crippen molar-refractivity contribution in [3.63, 3.8) is 0 Å². The minimum Gasteiger partial charge on any atom is -0.485 e. The van der Waals surface area contributed by atoms with Gasteiger partial charge in [-0.25, -0.2) is 8.78 Å². The lowest BCUT2D eigenvalue weighted by Gasteiger charge is -2.22. The summed E-state index contributed by atoms with van der Waals surface area (Å²) >= 11 is 6.29. The third-order valence-electron chi connectivity index (χ3n) is 5.58. The minimum absolute atomic E-state index is 0.0436. The molecule has 8 nitrogen and oxygen atoms in total. The number of hydrogen-bond acceptors (Lipinski definition) is 6. The Morgan fingerprint density at radius 2 is 2.08 bits per heavy atom. The maximum Gasteiger partial charge on any atom is 0.277 e. The number of ether oxygens (including phenoxy) is 1. The molecule has 0 fully saturated rings. The number of nitrogens with zero attached hydrogens (tertiary/aromatic N) is 5. The number of aliphatic hydroxyl groups is 1. The third-order valence-corrected chi connectivity index (χ3v) is 5.92. The van der Waals surface area contributed by atoms with Crippen molar-refractivity contribution in [2.24, 2.45) is 4.99 Å². The molecular weight excluding hydrogens is 504 g/mol. The van der Waals surface area contributed by atoms with Crippen LogP contribution >= 0.6 is 11.6 Å². The summed E-state index contributed by atoms with van der Waals surface area (Å²) in [6.45, 7) is 10.9. The fraction of sp³-hybridized carbons (Fsp3) is 0.308. The fourth-order valence-electron chi connectivity index (χ4n) is 3.41. The number of aliphatic hydroxyl groups excluding tert-OH is 1. The van der Waals surface area contributed by atoms with Gasteiger partial charge in [0.15, 0.2) is 5.82 Å². The lowest BCUT2D eigenvalue weighted by Crippen LogP contribution is -2.30. The Balaban J connectivity index is 1.83. The van der Waals surface area contributed by atoms with E-state index in [-0.39, 0.29) is 29.7 Å². The number of rotatable bonds is 10. The molecule has 11 heteroatoms. The molecule has 0 unspecified atom stereocenters. The summed E-state index contributed by atoms with van der Waals surface area (Å²) in [6, 6.07) is 4.06. The quantitative estimate of drug-likeness (QED) is 0.303. The molecule has 0 amide bonds. The Hall–Kier alpha value is -3.63. The summed E-state index contributed by atoms with van der Waals surface area (Å²) in [5.74, 6) is -1.63. The summed E-state index contributed by atoms with van der Waals surface area (Å²) < 4.78 is 35.5. The smallest absolute Gasteiger partial charge is 0.277 e. The number of allylic oxidation sites excluding steroid dienone is 3. The fourth-order valence-corrected chi connectivity index (χ4v) is 3.60. The lowest BCUT2D eigenvalue weighted by molar-refractivity contribution is 0.151. The van der Waals surface area contributed by atoms with Crippen molar-refractivity contribution in [2.45, 2.75) is 46.4 Å². The summed E-state index contributed by atoms with van der Waals surface area (Å²) in [4.78, 5) is 21.2. The SMILES string of the molecule is C=C/C(=C(/C)C=NCc1ccn(C(C)(C)CO)n1)n1c(C)cc(OCc2ncc(F)cc2F)c(Cl)c1=O. The van der Waals surface area contributed by atoms with Crippen molar-refractivity contribution in [1.82, 2.24) is 19.3 Å². The van der Waals surface area contributed by atoms with Gasteiger partial charge in [-0.1, -0.05) is 18.2 Å². The van der Waals surface area contributed by atoms with Crippen molar-refractivity contribution in [3.8, 4) is 5.75 Å². The van der Waals surface area contributed by atoms with E-state index in [1.54, 1.807) is 30.9 Å². The second-order valence-corrected chi connectivity index (χ2v) is 9.32. The van der Waals surface area contributed by atoms with Gasteiger partial charge in [0.05, 0.1) is 36.3 Å². The minimum atomic E-state index is -0.864. The first-order valence-corrected chi connectivity index (χ1v) is 11.7. The van der Waals surface area contributed by atoms with Crippen molar-refractivity contribution < 1.29 is 18.6 Å². The van der Waals surface area contributed by atoms with Crippen LogP contribution in [0.5, 0.6) is 5.75 Å². The van der Waals surface area contributed by atoms with Crippen LogP contribution in [-0.4, -0.2) is 37.3 Å². The summed E-state index contributed by atoms with van der Waals surface area (Å²) in [6.07, 6.45) is 5.79. The average molecular weight is 532 g/mol. The van der Waals surface area contributed by atoms with Crippen LogP contribution in [0, 0.1) is 18.6 Å². The molecule has 196 valence electrons. The molecule has 0 bridgehead atoms. The van der Waals surface area contributed by atoms with E-state index in [4.69, 9.17) is 16.3 Å². The number of halogens is 3. The molecule has 3 aromatic rings. The van der Waals surface area contributed by atoms with Crippen LogP contribution in [0.15, 0.2) is 58.6 Å². The molecule has 0 radical (unpaired) electrons. The molecule has 3 rings (SSSR count). The standard InChI is InChI=1S/C26H28ClF2N5O3/c1-6-22(16(2)11-30-13-19-7-8-33(32-19)26(4,5)15-35)34-17(3)9-23(24(27)25(34)36)37-14-21-20(29)10-18(28)12-31-21/h6-12,35H,1,13-15H2,2-5H3/b22-16+,30-11?. The van der Waals surface area contributed by atoms with E-state index in [9.17, 15) is 18.7 Å². The van der Waals surface area contributed by atoms with Gasteiger partial charge in [-0.3, -0.25) is 24.0 Å². The van der Waals surface area contributed by atoms with Crippen LogP contribution in [0.3, 0.4) is 0 Å². The van der Waals surface area contributed by atoms with Gasteiger partial charge in [-0.15, -0.1) is 0 Å². The van der Waals surface area contributed by atoms with Crippen LogP contribution in [0.25, 0.3) is 5.70 Å². The zero-order valence-electron chi connectivity index (χ0n) is 21.0. The largest absolute Gasteiger partial charge is 0.485 e. The summed E-state index contributed by atoms with van der Waals surface area (Å²) in [7, 11) is 0. The zero-order chi connectivity index (χ0) is 27.3. The molecule has 0 atom stereocenters. The molecule has 0 aliphatic heterocycles. The molecule has 37 heavy (non-hydrogen) atoms. The van der Waals surface area contributed by atoms with Crippen LogP contribution < -0.4 is 10.3 Å². The van der Waals surface area contributed by atoms with Crippen LogP contribution in [0.1, 0.15) is 37.9 Å². The Kier molecular flexibility index (Phi) is 8.77. The third kappa shape index (κ3) is 6.39. The van der Waals surface area contributed by atoms with Gasteiger partial charge < -0.3 is 9.84 Å². The lowest BCUT2D eigenvalue weighted by atomic mass is 10.1. The molecule has 3 heterocycles. The molecule has 0 aliphatic carbocycles. The maximum absolute atomic E-state index is 13.9. The summed E-state index contributed by atoms with van der Waals surface area (Å²) in [5.41, 5.74) is 1.13. The second-order valence-electron chi connectivity index (χ2n) is 8.94. The highest BCUT2D eigenvalue weighted by molar-refractivity contribution is 6.31. The van der Waals surface area contributed by atoms with Crippen molar-refractivity contribution in [2.75, 3.05) is 6.61 Å². The molecule has 0 aliphatic rings. The predicted molar refractivity (Wildman–Crippen MR) is 139 cm³/mol. The highest BCUT2D eigenvalue weighted by atomic mass is 35.5. The Bertz CT molecular complexity index is 1430. The average Bonchev–Trinajstić information content (AvgIpc) is 3.34. The Labute approximate surface area is 218 Å². The number of hydrogen-bond donors (Lipinski definition) is 1. The van der Waals surface area contributed by atoms with Gasteiger partial charge in [0.2, 0.25) is 0 Å². The monoisotopic (exact) mass is 531 g/mol. The number of aliphatic imine (C=N–C) groups is 1. The predicted octanol–water partition coefficient (Wildman–Crippen LogP) is 4.67. The molecule has 0 aromatic carbocycles. The summed E-state index contributed by atoms with van der Waals surface area (Å²) in [5, 5.41) is 13.7. The molecule has 0 spiro atoms. The van der Waals surface area contributed by atoms with E-state index in [1.807, 2.05) is 19.9 Å². The highest BCUT2D eigenvalue weighted by Crippen LogP contribution is 2.25.